The monoisotopic (exact) mass is 896 g/mol. The number of nitrogens with zero attached hydrogens (tertiary/aromatic N) is 3. The van der Waals surface area contributed by atoms with Crippen LogP contribution in [0.1, 0.15) is 117 Å². The standard InChI is InChI=1S/C48H51N3O2.Pt/c1-28-15-17-36-38(22-28)46(8,9)27-42-48(36,12)50-44(53-42)35-26-41(31(4)23-30(35)3)52-34-21-29(2)20-33(25-34)51-40-18-16-32(45(5,6)7)24-39(40)47(10,11)37-14-13-19-49-43(37)51;/h13-24,42H,27H2,1-12H3;/q-2;+2/t42-,48+;/m0./s1. The Hall–Kier alpha value is -4.21. The predicted molar refractivity (Wildman–Crippen MR) is 216 cm³/mol. The van der Waals surface area contributed by atoms with Crippen molar-refractivity contribution in [3.63, 3.8) is 0 Å². The molecule has 2 atom stereocenters. The number of pyridine rings is 1. The van der Waals surface area contributed by atoms with Crippen molar-refractivity contribution in [2.45, 2.75) is 117 Å². The molecule has 0 saturated heterocycles. The van der Waals surface area contributed by atoms with Gasteiger partial charge in [0.1, 0.15) is 23.4 Å². The number of rotatable bonds is 4. The van der Waals surface area contributed by atoms with Crippen LogP contribution in [0, 0.1) is 39.8 Å². The molecule has 1 aliphatic carbocycles. The summed E-state index contributed by atoms with van der Waals surface area (Å²) in [4.78, 5) is 12.5. The summed E-state index contributed by atoms with van der Waals surface area (Å²) in [6, 6.07) is 31.5. The minimum atomic E-state index is -0.476. The van der Waals surface area contributed by atoms with Gasteiger partial charge in [0.25, 0.3) is 0 Å². The van der Waals surface area contributed by atoms with E-state index in [1.165, 1.54) is 33.4 Å². The predicted octanol–water partition coefficient (Wildman–Crippen LogP) is 11.9. The number of aromatic nitrogens is 1. The van der Waals surface area contributed by atoms with Gasteiger partial charge in [0.2, 0.25) is 0 Å². The van der Waals surface area contributed by atoms with E-state index in [0.717, 1.165) is 45.9 Å². The van der Waals surface area contributed by atoms with Gasteiger partial charge in [0, 0.05) is 34.4 Å². The number of anilines is 3. The van der Waals surface area contributed by atoms with E-state index in [9.17, 15) is 0 Å². The maximum atomic E-state index is 6.78. The zero-order valence-corrected chi connectivity index (χ0v) is 36.0. The molecule has 0 fully saturated rings. The Kier molecular flexibility index (Phi) is 9.13. The van der Waals surface area contributed by atoms with Crippen LogP contribution in [0.4, 0.5) is 17.2 Å². The smallest absolute Gasteiger partial charge is 0.514 e. The summed E-state index contributed by atoms with van der Waals surface area (Å²) in [5, 5.41) is 0. The van der Waals surface area contributed by atoms with Crippen molar-refractivity contribution in [1.82, 2.24) is 4.98 Å². The van der Waals surface area contributed by atoms with Crippen molar-refractivity contribution in [2.24, 2.45) is 4.99 Å². The summed E-state index contributed by atoms with van der Waals surface area (Å²) >= 11 is 0. The van der Waals surface area contributed by atoms with E-state index in [1.807, 2.05) is 18.3 Å². The minimum absolute atomic E-state index is 0. The third-order valence-electron chi connectivity index (χ3n) is 11.9. The molecule has 0 saturated carbocycles. The first-order chi connectivity index (χ1) is 24.9. The van der Waals surface area contributed by atoms with Gasteiger partial charge in [-0.1, -0.05) is 134 Å². The van der Waals surface area contributed by atoms with Gasteiger partial charge in [-0.05, 0) is 65.5 Å². The molecule has 0 N–H and O–H groups in total. The van der Waals surface area contributed by atoms with E-state index in [1.54, 1.807) is 0 Å². The summed E-state index contributed by atoms with van der Waals surface area (Å²) in [5.41, 5.74) is 12.8. The fourth-order valence-electron chi connectivity index (χ4n) is 8.69. The Labute approximate surface area is 336 Å². The number of aliphatic imine (C=N–C) groups is 1. The second-order valence-corrected chi connectivity index (χ2v) is 18.0. The topological polar surface area (TPSA) is 47.0 Å². The Morgan fingerprint density at radius 2 is 1.56 bits per heavy atom. The molecule has 5 nitrogen and oxygen atoms in total. The zero-order valence-electron chi connectivity index (χ0n) is 33.7. The van der Waals surface area contributed by atoms with Crippen molar-refractivity contribution in [3.8, 4) is 11.5 Å². The first-order valence-electron chi connectivity index (χ1n) is 18.9. The number of ether oxygens (including phenoxy) is 2. The molecule has 0 bridgehead atoms. The van der Waals surface area contributed by atoms with Crippen LogP contribution in [0.25, 0.3) is 0 Å². The van der Waals surface area contributed by atoms with Gasteiger partial charge in [-0.2, -0.15) is 5.56 Å². The van der Waals surface area contributed by atoms with E-state index in [2.05, 4.69) is 155 Å². The molecule has 54 heavy (non-hydrogen) atoms. The molecule has 280 valence electrons. The molecule has 6 heteroatoms. The molecular formula is C48H51N3O2Pt. The second-order valence-electron chi connectivity index (χ2n) is 18.0. The number of aryl methyl sites for hydroxylation is 4. The Morgan fingerprint density at radius 1 is 0.796 bits per heavy atom. The van der Waals surface area contributed by atoms with E-state index >= 15 is 0 Å². The van der Waals surface area contributed by atoms with E-state index in [-0.39, 0.29) is 43.4 Å². The summed E-state index contributed by atoms with van der Waals surface area (Å²) in [6.07, 6.45) is 2.69. The first-order valence-corrected chi connectivity index (χ1v) is 18.9. The molecule has 1 aromatic heterocycles. The van der Waals surface area contributed by atoms with Crippen LogP contribution >= 0.6 is 0 Å². The maximum absolute atomic E-state index is 6.78. The Bertz CT molecular complexity index is 2350. The summed E-state index contributed by atoms with van der Waals surface area (Å²) in [5.74, 6) is 2.79. The third kappa shape index (κ3) is 6.12. The van der Waals surface area contributed by atoms with Gasteiger partial charge < -0.3 is 14.4 Å². The molecule has 8 rings (SSSR count). The Balaban J connectivity index is 0.00000450. The van der Waals surface area contributed by atoms with Crippen molar-refractivity contribution in [2.75, 3.05) is 4.90 Å². The van der Waals surface area contributed by atoms with Crippen LogP contribution in [-0.2, 0) is 47.6 Å². The number of hydrogen-bond acceptors (Lipinski definition) is 5. The molecule has 5 aromatic rings. The molecule has 3 aliphatic rings. The molecule has 0 unspecified atom stereocenters. The van der Waals surface area contributed by atoms with Crippen LogP contribution in [0.5, 0.6) is 11.5 Å². The SMILES string of the molecule is Cc1cc(Oc2[c-]c(C3=N[C@]4(C)c5ccc(C)cc5C(C)(C)C[C@@H]4O3)c(C)cc2C)[c-]c(N2c3ccc(C(C)(C)C)cc3C(C)(C)c3cccnc32)c1.[Pt+2]. The zero-order chi connectivity index (χ0) is 37.8. The minimum Gasteiger partial charge on any atom is -0.514 e. The van der Waals surface area contributed by atoms with Gasteiger partial charge in [-0.15, -0.1) is 29.8 Å². The van der Waals surface area contributed by atoms with Gasteiger partial charge in [0.05, 0.1) is 0 Å². The summed E-state index contributed by atoms with van der Waals surface area (Å²) in [6.45, 7) is 26.7. The maximum Gasteiger partial charge on any atom is 2.00 e. The largest absolute Gasteiger partial charge is 2.00 e. The molecular weight excluding hydrogens is 846 g/mol. The summed E-state index contributed by atoms with van der Waals surface area (Å²) in [7, 11) is 0. The van der Waals surface area contributed by atoms with Gasteiger partial charge >= 0.3 is 21.1 Å². The second kappa shape index (κ2) is 12.9. The van der Waals surface area contributed by atoms with Crippen molar-refractivity contribution in [1.29, 1.82) is 0 Å². The molecule has 0 amide bonds. The van der Waals surface area contributed by atoms with Crippen LogP contribution in [0.3, 0.4) is 0 Å². The van der Waals surface area contributed by atoms with Crippen molar-refractivity contribution in [3.05, 3.63) is 141 Å². The fourth-order valence-corrected chi connectivity index (χ4v) is 8.69. The normalized spacial score (nSPS) is 20.4. The van der Waals surface area contributed by atoms with Crippen LogP contribution in [-0.4, -0.2) is 17.0 Å². The van der Waals surface area contributed by atoms with Crippen LogP contribution in [0.15, 0.2) is 77.9 Å². The van der Waals surface area contributed by atoms with Gasteiger partial charge in [-0.25, -0.2) is 4.98 Å². The average Bonchev–Trinajstić information content (AvgIpc) is 3.41. The third-order valence-corrected chi connectivity index (χ3v) is 11.9. The van der Waals surface area contributed by atoms with Crippen molar-refractivity contribution >= 4 is 23.1 Å². The van der Waals surface area contributed by atoms with Crippen LogP contribution in [0.2, 0.25) is 0 Å². The number of benzene rings is 4. The molecule has 0 spiro atoms. The molecule has 4 aromatic carbocycles. The molecule has 0 radical (unpaired) electrons. The average molecular weight is 897 g/mol. The molecule has 2 aliphatic heterocycles. The van der Waals surface area contributed by atoms with E-state index in [4.69, 9.17) is 19.5 Å². The van der Waals surface area contributed by atoms with E-state index in [0.29, 0.717) is 17.4 Å². The van der Waals surface area contributed by atoms with Crippen molar-refractivity contribution < 1.29 is 30.5 Å². The van der Waals surface area contributed by atoms with Gasteiger partial charge in [-0.3, -0.25) is 4.99 Å². The number of fused-ring (bicyclic) bond motifs is 5. The van der Waals surface area contributed by atoms with Crippen LogP contribution < -0.4 is 9.64 Å². The first kappa shape index (κ1) is 38.1. The van der Waals surface area contributed by atoms with E-state index < -0.39 is 5.54 Å². The fraction of sp³-hybridized carbons (Fsp3) is 0.375. The molecule has 3 heterocycles. The van der Waals surface area contributed by atoms with Gasteiger partial charge in [0.15, 0.2) is 0 Å². The Morgan fingerprint density at radius 3 is 2.30 bits per heavy atom. The number of hydrogen-bond donors (Lipinski definition) is 0. The quantitative estimate of drug-likeness (QED) is 0.169. The summed E-state index contributed by atoms with van der Waals surface area (Å²) < 4.78 is 13.5.